The average molecular weight is 405 g/mol. The van der Waals surface area contributed by atoms with Crippen molar-refractivity contribution in [3.05, 3.63) is 94.5 Å². The van der Waals surface area contributed by atoms with E-state index >= 15 is 0 Å². The van der Waals surface area contributed by atoms with Gasteiger partial charge < -0.3 is 4.74 Å². The number of carbonyl (C=O) groups excluding carboxylic acids is 2. The van der Waals surface area contributed by atoms with Crippen LogP contribution >= 0.6 is 0 Å². The molecule has 0 saturated carbocycles. The van der Waals surface area contributed by atoms with E-state index in [4.69, 9.17) is 4.74 Å². The minimum atomic E-state index is -0.877. The molecule has 0 heterocycles. The second-order valence-electron chi connectivity index (χ2n) is 6.40. The molecule has 2 N–H and O–H groups in total. The van der Waals surface area contributed by atoms with E-state index in [0.717, 1.165) is 17.2 Å². The van der Waals surface area contributed by atoms with Crippen molar-refractivity contribution < 1.29 is 19.2 Å². The number of amides is 2. The number of benzene rings is 3. The molecule has 0 aliphatic heterocycles. The highest BCUT2D eigenvalue weighted by Crippen LogP contribution is 2.22. The van der Waals surface area contributed by atoms with Gasteiger partial charge in [-0.05, 0) is 36.2 Å². The van der Waals surface area contributed by atoms with E-state index < -0.39 is 22.8 Å². The van der Waals surface area contributed by atoms with Crippen LogP contribution in [0.25, 0.3) is 11.1 Å². The molecule has 152 valence electrons. The summed E-state index contributed by atoms with van der Waals surface area (Å²) >= 11 is 0. The second kappa shape index (κ2) is 9.33. The topological polar surface area (TPSA) is 111 Å². The van der Waals surface area contributed by atoms with Gasteiger partial charge in [0.25, 0.3) is 17.5 Å². The molecule has 30 heavy (non-hydrogen) atoms. The predicted octanol–water partition coefficient (Wildman–Crippen LogP) is 3.49. The van der Waals surface area contributed by atoms with E-state index in [0.29, 0.717) is 5.75 Å². The number of hydrogen-bond acceptors (Lipinski definition) is 5. The van der Waals surface area contributed by atoms with E-state index in [9.17, 15) is 19.7 Å². The first-order chi connectivity index (χ1) is 14.4. The number of carbonyl (C=O) groups is 2. The zero-order valence-corrected chi connectivity index (χ0v) is 16.1. The van der Waals surface area contributed by atoms with Gasteiger partial charge in [0, 0.05) is 17.7 Å². The van der Waals surface area contributed by atoms with E-state index in [1.807, 2.05) is 42.5 Å². The van der Waals surface area contributed by atoms with Crippen LogP contribution in [-0.4, -0.2) is 22.8 Å². The number of nitro groups is 1. The molecule has 8 heteroatoms. The fraction of sp³-hybridized carbons (Fsp3) is 0.0909. The maximum absolute atomic E-state index is 12.2. The van der Waals surface area contributed by atoms with E-state index in [1.54, 1.807) is 19.1 Å². The lowest BCUT2D eigenvalue weighted by atomic mass is 10.1. The summed E-state index contributed by atoms with van der Waals surface area (Å²) in [5.74, 6) is -0.741. The van der Waals surface area contributed by atoms with Crippen LogP contribution in [0.4, 0.5) is 5.69 Å². The Bertz CT molecular complexity index is 1050. The summed E-state index contributed by atoms with van der Waals surface area (Å²) in [5.41, 5.74) is 6.39. The van der Waals surface area contributed by atoms with Crippen LogP contribution in [0.5, 0.6) is 5.75 Å². The minimum absolute atomic E-state index is 0.0505. The Morgan fingerprint density at radius 2 is 1.57 bits per heavy atom. The highest BCUT2D eigenvalue weighted by atomic mass is 16.6. The highest BCUT2D eigenvalue weighted by molar-refractivity contribution is 5.96. The Labute approximate surface area is 172 Å². The van der Waals surface area contributed by atoms with Crippen molar-refractivity contribution in [2.75, 3.05) is 0 Å². The molecule has 0 aliphatic carbocycles. The first-order valence-corrected chi connectivity index (χ1v) is 9.11. The summed E-state index contributed by atoms with van der Waals surface area (Å²) in [6, 6.07) is 22.3. The van der Waals surface area contributed by atoms with Crippen LogP contribution in [0.1, 0.15) is 17.3 Å². The zero-order valence-electron chi connectivity index (χ0n) is 16.1. The number of hydrazine groups is 1. The van der Waals surface area contributed by atoms with Crippen LogP contribution in [0.3, 0.4) is 0 Å². The molecule has 1 atom stereocenters. The molecule has 8 nitrogen and oxygen atoms in total. The Hall–Kier alpha value is -4.20. The van der Waals surface area contributed by atoms with Gasteiger partial charge in [-0.25, -0.2) is 0 Å². The lowest BCUT2D eigenvalue weighted by Crippen LogP contribution is -2.47. The van der Waals surface area contributed by atoms with Crippen molar-refractivity contribution in [1.82, 2.24) is 10.9 Å². The van der Waals surface area contributed by atoms with Crippen LogP contribution in [0.15, 0.2) is 78.9 Å². The molecule has 0 aromatic heterocycles. The van der Waals surface area contributed by atoms with Gasteiger partial charge in [0.1, 0.15) is 5.75 Å². The highest BCUT2D eigenvalue weighted by Gasteiger charge is 2.17. The van der Waals surface area contributed by atoms with Gasteiger partial charge in [0.2, 0.25) is 0 Å². The molecule has 3 rings (SSSR count). The fourth-order valence-corrected chi connectivity index (χ4v) is 2.67. The molecule has 0 radical (unpaired) electrons. The Kier molecular flexibility index (Phi) is 6.39. The van der Waals surface area contributed by atoms with E-state index in [-0.39, 0.29) is 11.3 Å². The number of ether oxygens (including phenoxy) is 1. The maximum Gasteiger partial charge on any atom is 0.279 e. The predicted molar refractivity (Wildman–Crippen MR) is 111 cm³/mol. The SMILES string of the molecule is CC(Oc1ccc(-c2ccccc2)cc1)C(=O)NNC(=O)c1cccc([N+](=O)[O-])c1. The number of nitrogens with zero attached hydrogens (tertiary/aromatic N) is 1. The molecule has 0 saturated heterocycles. The molecule has 0 spiro atoms. The third kappa shape index (κ3) is 5.20. The Morgan fingerprint density at radius 1 is 0.900 bits per heavy atom. The van der Waals surface area contributed by atoms with Crippen LogP contribution in [0, 0.1) is 10.1 Å². The summed E-state index contributed by atoms with van der Waals surface area (Å²) < 4.78 is 5.60. The van der Waals surface area contributed by atoms with Crippen molar-refractivity contribution in [3.8, 4) is 16.9 Å². The summed E-state index contributed by atoms with van der Waals surface area (Å²) in [6.07, 6.45) is -0.877. The molecule has 0 bridgehead atoms. The summed E-state index contributed by atoms with van der Waals surface area (Å²) in [5, 5.41) is 10.8. The Morgan fingerprint density at radius 3 is 2.23 bits per heavy atom. The van der Waals surface area contributed by atoms with Gasteiger partial charge in [0.15, 0.2) is 6.10 Å². The third-order valence-corrected chi connectivity index (χ3v) is 4.26. The summed E-state index contributed by atoms with van der Waals surface area (Å²) in [4.78, 5) is 34.5. The first kappa shape index (κ1) is 20.5. The maximum atomic E-state index is 12.2. The van der Waals surface area contributed by atoms with Gasteiger partial charge in [-0.15, -0.1) is 0 Å². The minimum Gasteiger partial charge on any atom is -0.481 e. The normalized spacial score (nSPS) is 11.2. The van der Waals surface area contributed by atoms with Gasteiger partial charge >= 0.3 is 0 Å². The smallest absolute Gasteiger partial charge is 0.279 e. The number of non-ortho nitro benzene ring substituents is 1. The molecular weight excluding hydrogens is 386 g/mol. The molecule has 1 unspecified atom stereocenters. The lowest BCUT2D eigenvalue weighted by Gasteiger charge is -2.15. The number of nitro benzene ring substituents is 1. The number of rotatable bonds is 6. The number of hydrogen-bond donors (Lipinski definition) is 2. The largest absolute Gasteiger partial charge is 0.481 e. The molecule has 2 amide bonds. The first-order valence-electron chi connectivity index (χ1n) is 9.11. The summed E-state index contributed by atoms with van der Waals surface area (Å²) in [6.45, 7) is 1.54. The van der Waals surface area contributed by atoms with Gasteiger partial charge in [-0.2, -0.15) is 0 Å². The van der Waals surface area contributed by atoms with E-state index in [1.165, 1.54) is 18.2 Å². The van der Waals surface area contributed by atoms with Crippen LogP contribution in [0.2, 0.25) is 0 Å². The third-order valence-electron chi connectivity index (χ3n) is 4.26. The van der Waals surface area contributed by atoms with Gasteiger partial charge in [-0.1, -0.05) is 48.5 Å². The van der Waals surface area contributed by atoms with Gasteiger partial charge in [0.05, 0.1) is 4.92 Å². The summed E-state index contributed by atoms with van der Waals surface area (Å²) in [7, 11) is 0. The van der Waals surface area contributed by atoms with Crippen molar-refractivity contribution >= 4 is 17.5 Å². The zero-order chi connectivity index (χ0) is 21.5. The lowest BCUT2D eigenvalue weighted by molar-refractivity contribution is -0.384. The van der Waals surface area contributed by atoms with Crippen molar-refractivity contribution in [2.24, 2.45) is 0 Å². The quantitative estimate of drug-likeness (QED) is 0.482. The van der Waals surface area contributed by atoms with Crippen molar-refractivity contribution in [2.45, 2.75) is 13.0 Å². The number of nitrogens with one attached hydrogen (secondary N) is 2. The fourth-order valence-electron chi connectivity index (χ4n) is 2.67. The molecule has 0 aliphatic rings. The molecule has 3 aromatic rings. The standard InChI is InChI=1S/C22H19N3O5/c1-15(30-20-12-10-17(11-13-20)16-6-3-2-4-7-16)21(26)23-24-22(27)18-8-5-9-19(14-18)25(28)29/h2-15H,1H3,(H,23,26)(H,24,27). The van der Waals surface area contributed by atoms with Gasteiger partial charge in [-0.3, -0.25) is 30.6 Å². The second-order valence-corrected chi connectivity index (χ2v) is 6.40. The molecule has 0 fully saturated rings. The van der Waals surface area contributed by atoms with Crippen molar-refractivity contribution in [3.63, 3.8) is 0 Å². The van der Waals surface area contributed by atoms with Crippen LogP contribution in [-0.2, 0) is 4.79 Å². The molecule has 3 aromatic carbocycles. The van der Waals surface area contributed by atoms with Crippen molar-refractivity contribution in [1.29, 1.82) is 0 Å². The average Bonchev–Trinajstić information content (AvgIpc) is 2.78. The molecular formula is C22H19N3O5. The van der Waals surface area contributed by atoms with E-state index in [2.05, 4.69) is 10.9 Å². The Balaban J connectivity index is 1.54. The van der Waals surface area contributed by atoms with Crippen LogP contribution < -0.4 is 15.6 Å². The monoisotopic (exact) mass is 405 g/mol.